The van der Waals surface area contributed by atoms with Crippen LogP contribution in [0, 0.1) is 11.8 Å². The van der Waals surface area contributed by atoms with E-state index in [1.807, 2.05) is 0 Å². The van der Waals surface area contributed by atoms with E-state index in [4.69, 9.17) is 16.2 Å². The number of rotatable bonds is 3. The van der Waals surface area contributed by atoms with Gasteiger partial charge in [-0.3, -0.25) is 5.32 Å². The molecule has 9 heteroatoms. The van der Waals surface area contributed by atoms with E-state index >= 15 is 0 Å². The number of ether oxygens (including phenoxy) is 1. The summed E-state index contributed by atoms with van der Waals surface area (Å²) in [6.45, 7) is 2.47. The lowest BCUT2D eigenvalue weighted by Gasteiger charge is -2.31. The summed E-state index contributed by atoms with van der Waals surface area (Å²) in [7, 11) is 0. The van der Waals surface area contributed by atoms with Crippen molar-refractivity contribution in [3.63, 3.8) is 0 Å². The topological polar surface area (TPSA) is 128 Å². The van der Waals surface area contributed by atoms with Crippen LogP contribution in [0.4, 0.5) is 14.6 Å². The van der Waals surface area contributed by atoms with Gasteiger partial charge in [-0.2, -0.15) is 0 Å². The van der Waals surface area contributed by atoms with Crippen molar-refractivity contribution >= 4 is 34.4 Å². The van der Waals surface area contributed by atoms with Crippen molar-refractivity contribution in [3.8, 4) is 11.8 Å². The van der Waals surface area contributed by atoms with Gasteiger partial charge in [0, 0.05) is 6.54 Å². The maximum Gasteiger partial charge on any atom is 0.341 e. The molecule has 24 heavy (non-hydrogen) atoms. The first kappa shape index (κ1) is 17.6. The van der Waals surface area contributed by atoms with Gasteiger partial charge in [-0.1, -0.05) is 5.92 Å². The summed E-state index contributed by atoms with van der Waals surface area (Å²) in [5, 5.41) is 2.69. The van der Waals surface area contributed by atoms with Crippen molar-refractivity contribution < 1.29 is 19.1 Å². The number of carbonyl (C=O) groups is 3. The molecule has 5 N–H and O–H groups in total. The molecule has 128 valence electrons. The third-order valence-corrected chi connectivity index (χ3v) is 4.37. The van der Waals surface area contributed by atoms with Gasteiger partial charge in [0.15, 0.2) is 0 Å². The number of nitrogens with zero attached hydrogens (tertiary/aromatic N) is 1. The number of likely N-dealkylation sites (tertiary alicyclic amines) is 1. The molecule has 1 unspecified atom stereocenters. The lowest BCUT2D eigenvalue weighted by Crippen LogP contribution is -2.46. The van der Waals surface area contributed by atoms with Crippen LogP contribution in [0.25, 0.3) is 0 Å². The number of thiophene rings is 1. The highest BCUT2D eigenvalue weighted by Crippen LogP contribution is 2.29. The second-order valence-corrected chi connectivity index (χ2v) is 6.22. The van der Waals surface area contributed by atoms with E-state index in [-0.39, 0.29) is 17.1 Å². The average Bonchev–Trinajstić information content (AvgIpc) is 2.89. The third kappa shape index (κ3) is 4.39. The number of urea groups is 2. The third-order valence-electron chi connectivity index (χ3n) is 3.40. The van der Waals surface area contributed by atoms with E-state index in [0.717, 1.165) is 11.3 Å². The molecule has 1 atom stereocenters. The van der Waals surface area contributed by atoms with E-state index in [1.165, 1.54) is 4.90 Å². The lowest BCUT2D eigenvalue weighted by atomic mass is 10.1. The molecule has 0 bridgehead atoms. The normalized spacial score (nSPS) is 16.7. The fourth-order valence-corrected chi connectivity index (χ4v) is 3.34. The predicted octanol–water partition coefficient (Wildman–Crippen LogP) is 1.31. The van der Waals surface area contributed by atoms with Crippen LogP contribution in [0.1, 0.15) is 35.0 Å². The van der Waals surface area contributed by atoms with Gasteiger partial charge in [0.05, 0.1) is 17.0 Å². The van der Waals surface area contributed by atoms with Crippen LogP contribution < -0.4 is 16.8 Å². The van der Waals surface area contributed by atoms with Crippen LogP contribution in [0.5, 0.6) is 0 Å². The molecule has 4 amide bonds. The minimum Gasteiger partial charge on any atom is -0.457 e. The number of nitrogens with one attached hydrogen (secondary N) is 1. The molecule has 0 saturated carbocycles. The molecule has 1 fully saturated rings. The Morgan fingerprint density at radius 2 is 2.17 bits per heavy atom. The highest BCUT2D eigenvalue weighted by molar-refractivity contribution is 7.17. The Hall–Kier alpha value is -2.73. The van der Waals surface area contributed by atoms with Gasteiger partial charge in [-0.05, 0) is 25.8 Å². The molecule has 1 aliphatic heterocycles. The molecule has 1 aliphatic rings. The van der Waals surface area contributed by atoms with Crippen molar-refractivity contribution in [2.75, 3.05) is 18.4 Å². The highest BCUT2D eigenvalue weighted by atomic mass is 32.1. The fourth-order valence-electron chi connectivity index (χ4n) is 2.38. The number of nitrogens with two attached hydrogens (primary N) is 2. The summed E-state index contributed by atoms with van der Waals surface area (Å²) < 4.78 is 5.45. The number of primary amides is 2. The number of carbonyl (C=O) groups excluding carboxylic acids is 3. The van der Waals surface area contributed by atoms with Gasteiger partial charge in [0.2, 0.25) is 0 Å². The second kappa shape index (κ2) is 7.70. The number of piperidine rings is 1. The summed E-state index contributed by atoms with van der Waals surface area (Å²) in [4.78, 5) is 36.8. The number of amides is 4. The molecule has 1 aromatic heterocycles. The van der Waals surface area contributed by atoms with E-state index < -0.39 is 24.1 Å². The smallest absolute Gasteiger partial charge is 0.341 e. The zero-order valence-corrected chi connectivity index (χ0v) is 13.9. The van der Waals surface area contributed by atoms with E-state index in [2.05, 4.69) is 17.2 Å². The number of hydrogen-bond donors (Lipinski definition) is 3. The molecule has 0 spiro atoms. The van der Waals surface area contributed by atoms with Gasteiger partial charge >= 0.3 is 18.0 Å². The summed E-state index contributed by atoms with van der Waals surface area (Å²) in [5.74, 6) is 4.94. The molecular formula is C15H18N4O4S. The Morgan fingerprint density at radius 1 is 1.42 bits per heavy atom. The maximum atomic E-state index is 12.4. The van der Waals surface area contributed by atoms with Gasteiger partial charge in [0.1, 0.15) is 11.1 Å². The Kier molecular flexibility index (Phi) is 5.65. The van der Waals surface area contributed by atoms with Gasteiger partial charge in [0.25, 0.3) is 0 Å². The molecule has 0 radical (unpaired) electrons. The maximum absolute atomic E-state index is 12.4. The van der Waals surface area contributed by atoms with Gasteiger partial charge < -0.3 is 21.1 Å². The van der Waals surface area contributed by atoms with Crippen LogP contribution in [0.3, 0.4) is 0 Å². The molecule has 1 aromatic rings. The lowest BCUT2D eigenvalue weighted by molar-refractivity contribution is 0.0129. The molecule has 2 rings (SSSR count). The summed E-state index contributed by atoms with van der Waals surface area (Å²) in [6.07, 6.45) is 0.893. The average molecular weight is 350 g/mol. The SMILES string of the molecule is CC#Cc1cc(C(=O)OC2CCCN(C(N)=O)C2)c(NC(N)=O)s1. The second-order valence-electron chi connectivity index (χ2n) is 5.17. The van der Waals surface area contributed by atoms with Gasteiger partial charge in [-0.25, -0.2) is 14.4 Å². The molecule has 2 heterocycles. The van der Waals surface area contributed by atoms with Crippen LogP contribution in [0.2, 0.25) is 0 Å². The first-order valence-corrected chi connectivity index (χ1v) is 8.10. The van der Waals surface area contributed by atoms with Crippen molar-refractivity contribution in [2.45, 2.75) is 25.9 Å². The number of anilines is 1. The van der Waals surface area contributed by atoms with Crippen LogP contribution in [-0.2, 0) is 4.74 Å². The highest BCUT2D eigenvalue weighted by Gasteiger charge is 2.27. The van der Waals surface area contributed by atoms with Crippen LogP contribution >= 0.6 is 11.3 Å². The molecule has 8 nitrogen and oxygen atoms in total. The van der Waals surface area contributed by atoms with Gasteiger partial charge in [-0.15, -0.1) is 17.3 Å². The van der Waals surface area contributed by atoms with Crippen LogP contribution in [-0.4, -0.2) is 42.1 Å². The molecule has 0 aromatic carbocycles. The number of esters is 1. The first-order valence-electron chi connectivity index (χ1n) is 7.29. The summed E-state index contributed by atoms with van der Waals surface area (Å²) in [5.41, 5.74) is 10.6. The van der Waals surface area contributed by atoms with Crippen molar-refractivity contribution in [1.82, 2.24) is 4.90 Å². The monoisotopic (exact) mass is 350 g/mol. The quantitative estimate of drug-likeness (QED) is 0.561. The molecule has 0 aliphatic carbocycles. The fraction of sp³-hybridized carbons (Fsp3) is 0.400. The van der Waals surface area contributed by atoms with Crippen molar-refractivity contribution in [1.29, 1.82) is 0 Å². The standard InChI is InChI=1S/C15H18N4O4S/c1-2-4-10-7-11(12(24-10)18-14(16)21)13(20)23-9-5-3-6-19(8-9)15(17)22/h7,9H,3,5-6,8H2,1H3,(H2,17,22)(H3,16,18,21). The van der Waals surface area contributed by atoms with E-state index in [0.29, 0.717) is 24.3 Å². The molecule has 1 saturated heterocycles. The zero-order chi connectivity index (χ0) is 17.7. The predicted molar refractivity (Wildman–Crippen MR) is 89.7 cm³/mol. The first-order chi connectivity index (χ1) is 11.4. The Labute approximate surface area is 143 Å². The zero-order valence-electron chi connectivity index (χ0n) is 13.1. The van der Waals surface area contributed by atoms with Crippen molar-refractivity contribution in [2.24, 2.45) is 11.5 Å². The number of hydrogen-bond acceptors (Lipinski definition) is 5. The Bertz CT molecular complexity index is 719. The van der Waals surface area contributed by atoms with Crippen LogP contribution in [0.15, 0.2) is 6.07 Å². The van der Waals surface area contributed by atoms with Crippen molar-refractivity contribution in [3.05, 3.63) is 16.5 Å². The summed E-state index contributed by atoms with van der Waals surface area (Å²) in [6, 6.07) is 0.228. The minimum atomic E-state index is -0.778. The van der Waals surface area contributed by atoms with E-state index in [9.17, 15) is 14.4 Å². The Balaban J connectivity index is 2.14. The molecular weight excluding hydrogens is 332 g/mol. The Morgan fingerprint density at radius 3 is 2.79 bits per heavy atom. The largest absolute Gasteiger partial charge is 0.457 e. The van der Waals surface area contributed by atoms with E-state index in [1.54, 1.807) is 13.0 Å². The summed E-state index contributed by atoms with van der Waals surface area (Å²) >= 11 is 1.14. The minimum absolute atomic E-state index is 0.188.